The Morgan fingerprint density at radius 2 is 1.85 bits per heavy atom. The number of anilines is 2. The first-order valence-electron chi connectivity index (χ1n) is 9.03. The van der Waals surface area contributed by atoms with Crippen LogP contribution >= 0.6 is 0 Å². The Hall–Kier alpha value is -3.02. The normalized spacial score (nSPS) is 14.9. The summed E-state index contributed by atoms with van der Waals surface area (Å²) in [5.74, 6) is 0.436. The molecule has 0 atom stereocenters. The summed E-state index contributed by atoms with van der Waals surface area (Å²) < 4.78 is 0. The van der Waals surface area contributed by atoms with Crippen LogP contribution in [0.1, 0.15) is 42.6 Å². The molecule has 0 radical (unpaired) electrons. The van der Waals surface area contributed by atoms with Crippen LogP contribution in [0.15, 0.2) is 48.9 Å². The van der Waals surface area contributed by atoms with Gasteiger partial charge in [-0.25, -0.2) is 9.97 Å². The number of hydrogen-bond donors (Lipinski definition) is 2. The summed E-state index contributed by atoms with van der Waals surface area (Å²) in [6.45, 7) is 0. The van der Waals surface area contributed by atoms with Gasteiger partial charge in [-0.05, 0) is 25.0 Å². The fourth-order valence-corrected chi connectivity index (χ4v) is 3.41. The molecule has 6 heteroatoms. The molecule has 3 aromatic rings. The highest BCUT2D eigenvalue weighted by Gasteiger charge is 2.15. The fraction of sp³-hybridized carbons (Fsp3) is 0.300. The lowest BCUT2D eigenvalue weighted by molar-refractivity contribution is 0.102. The van der Waals surface area contributed by atoms with Gasteiger partial charge in [0.05, 0.1) is 11.2 Å². The van der Waals surface area contributed by atoms with Crippen molar-refractivity contribution in [1.29, 1.82) is 0 Å². The van der Waals surface area contributed by atoms with Crippen LogP contribution in [-0.2, 0) is 0 Å². The van der Waals surface area contributed by atoms with Gasteiger partial charge in [0.15, 0.2) is 0 Å². The van der Waals surface area contributed by atoms with Crippen LogP contribution in [0.25, 0.3) is 10.9 Å². The number of pyridine rings is 1. The third kappa shape index (κ3) is 3.64. The topological polar surface area (TPSA) is 79.8 Å². The zero-order valence-electron chi connectivity index (χ0n) is 14.5. The van der Waals surface area contributed by atoms with Crippen LogP contribution in [0.3, 0.4) is 0 Å². The van der Waals surface area contributed by atoms with Crippen molar-refractivity contribution in [2.45, 2.75) is 38.1 Å². The number of nitrogens with zero attached hydrogens (tertiary/aromatic N) is 3. The Kier molecular flexibility index (Phi) is 4.73. The van der Waals surface area contributed by atoms with Crippen molar-refractivity contribution in [3.63, 3.8) is 0 Å². The molecule has 1 aliphatic carbocycles. The standard InChI is InChI=1S/C20H21N5O/c26-20(25-16-10-4-6-14-7-5-11-21-19(14)16)17-12-18(23-13-22-17)24-15-8-2-1-3-9-15/h4-7,10-13,15H,1-3,8-9H2,(H,25,26)(H,22,23,24). The molecule has 0 bridgehead atoms. The molecule has 0 saturated heterocycles. The molecule has 2 heterocycles. The van der Waals surface area contributed by atoms with Crippen molar-refractivity contribution in [2.75, 3.05) is 10.6 Å². The number of para-hydroxylation sites is 1. The number of carbonyl (C=O) groups excluding carboxylic acids is 1. The van der Waals surface area contributed by atoms with E-state index in [0.29, 0.717) is 23.2 Å². The molecule has 1 amide bonds. The maximum atomic E-state index is 12.6. The fourth-order valence-electron chi connectivity index (χ4n) is 3.41. The number of fused-ring (bicyclic) bond motifs is 1. The number of carbonyl (C=O) groups is 1. The van der Waals surface area contributed by atoms with Gasteiger partial charge in [0.25, 0.3) is 5.91 Å². The van der Waals surface area contributed by atoms with Gasteiger partial charge in [0.1, 0.15) is 17.8 Å². The first-order valence-corrected chi connectivity index (χ1v) is 9.03. The SMILES string of the molecule is O=C(Nc1cccc2cccnc12)c1cc(NC2CCCCC2)ncn1. The Labute approximate surface area is 152 Å². The lowest BCUT2D eigenvalue weighted by atomic mass is 9.95. The van der Waals surface area contributed by atoms with Crippen molar-refractivity contribution in [3.05, 3.63) is 54.6 Å². The van der Waals surface area contributed by atoms with Crippen molar-refractivity contribution in [1.82, 2.24) is 15.0 Å². The quantitative estimate of drug-likeness (QED) is 0.745. The van der Waals surface area contributed by atoms with Crippen LogP contribution in [0.4, 0.5) is 11.5 Å². The summed E-state index contributed by atoms with van der Waals surface area (Å²) in [5.41, 5.74) is 1.78. The van der Waals surface area contributed by atoms with Crippen molar-refractivity contribution < 1.29 is 4.79 Å². The molecule has 26 heavy (non-hydrogen) atoms. The van der Waals surface area contributed by atoms with Crippen LogP contribution in [0, 0.1) is 0 Å². The molecule has 2 N–H and O–H groups in total. The van der Waals surface area contributed by atoms with E-state index in [0.717, 1.165) is 23.7 Å². The number of hydrogen-bond acceptors (Lipinski definition) is 5. The Balaban J connectivity index is 1.51. The molecular weight excluding hydrogens is 326 g/mol. The van der Waals surface area contributed by atoms with Gasteiger partial charge in [-0.1, -0.05) is 37.5 Å². The average Bonchev–Trinajstić information content (AvgIpc) is 2.69. The molecule has 1 saturated carbocycles. The highest BCUT2D eigenvalue weighted by atomic mass is 16.1. The van der Waals surface area contributed by atoms with E-state index in [1.807, 2.05) is 30.3 Å². The highest BCUT2D eigenvalue weighted by Crippen LogP contribution is 2.22. The van der Waals surface area contributed by atoms with Gasteiger partial charge >= 0.3 is 0 Å². The van der Waals surface area contributed by atoms with Crippen molar-refractivity contribution in [3.8, 4) is 0 Å². The van der Waals surface area contributed by atoms with E-state index in [1.165, 1.54) is 25.6 Å². The number of amides is 1. The van der Waals surface area contributed by atoms with E-state index in [1.54, 1.807) is 12.3 Å². The second kappa shape index (κ2) is 7.47. The summed E-state index contributed by atoms with van der Waals surface area (Å²) in [4.78, 5) is 25.4. The van der Waals surface area contributed by atoms with E-state index in [-0.39, 0.29) is 5.91 Å². The van der Waals surface area contributed by atoms with E-state index in [2.05, 4.69) is 25.6 Å². The van der Waals surface area contributed by atoms with Gasteiger partial charge in [-0.15, -0.1) is 0 Å². The smallest absolute Gasteiger partial charge is 0.274 e. The highest BCUT2D eigenvalue weighted by molar-refractivity contribution is 6.07. The summed E-state index contributed by atoms with van der Waals surface area (Å²) >= 11 is 0. The van der Waals surface area contributed by atoms with Crippen LogP contribution in [0.5, 0.6) is 0 Å². The second-order valence-electron chi connectivity index (χ2n) is 6.60. The van der Waals surface area contributed by atoms with Crippen LogP contribution in [0.2, 0.25) is 0 Å². The predicted octanol–water partition coefficient (Wildman–Crippen LogP) is 4.02. The molecule has 1 aromatic carbocycles. The van der Waals surface area contributed by atoms with E-state index in [9.17, 15) is 4.79 Å². The maximum Gasteiger partial charge on any atom is 0.274 e. The molecular formula is C20H21N5O. The number of benzene rings is 1. The Morgan fingerprint density at radius 1 is 1.00 bits per heavy atom. The van der Waals surface area contributed by atoms with Gasteiger partial charge in [0.2, 0.25) is 0 Å². The van der Waals surface area contributed by atoms with Crippen LogP contribution in [-0.4, -0.2) is 26.9 Å². The Morgan fingerprint density at radius 3 is 2.73 bits per heavy atom. The summed E-state index contributed by atoms with van der Waals surface area (Å²) in [6, 6.07) is 11.7. The molecule has 4 rings (SSSR count). The first-order chi connectivity index (χ1) is 12.8. The molecule has 1 aliphatic rings. The molecule has 2 aromatic heterocycles. The molecule has 0 spiro atoms. The van der Waals surface area contributed by atoms with Crippen molar-refractivity contribution in [2.24, 2.45) is 0 Å². The summed E-state index contributed by atoms with van der Waals surface area (Å²) in [7, 11) is 0. The first kappa shape index (κ1) is 16.4. The van der Waals surface area contributed by atoms with Gasteiger partial charge in [-0.3, -0.25) is 9.78 Å². The average molecular weight is 347 g/mol. The predicted molar refractivity (Wildman–Crippen MR) is 102 cm³/mol. The molecule has 0 unspecified atom stereocenters. The third-order valence-corrected chi connectivity index (χ3v) is 4.74. The zero-order chi connectivity index (χ0) is 17.8. The minimum Gasteiger partial charge on any atom is -0.367 e. The van der Waals surface area contributed by atoms with E-state index >= 15 is 0 Å². The summed E-state index contributed by atoms with van der Waals surface area (Å²) in [5, 5.41) is 7.32. The van der Waals surface area contributed by atoms with Gasteiger partial charge in [-0.2, -0.15) is 0 Å². The monoisotopic (exact) mass is 347 g/mol. The second-order valence-corrected chi connectivity index (χ2v) is 6.60. The lowest BCUT2D eigenvalue weighted by Crippen LogP contribution is -2.23. The maximum absolute atomic E-state index is 12.6. The van der Waals surface area contributed by atoms with Gasteiger partial charge < -0.3 is 10.6 Å². The van der Waals surface area contributed by atoms with E-state index in [4.69, 9.17) is 0 Å². The van der Waals surface area contributed by atoms with Gasteiger partial charge in [0, 0.05) is 23.7 Å². The lowest BCUT2D eigenvalue weighted by Gasteiger charge is -2.23. The van der Waals surface area contributed by atoms with Crippen molar-refractivity contribution >= 4 is 28.3 Å². The largest absolute Gasteiger partial charge is 0.367 e. The molecule has 132 valence electrons. The van der Waals surface area contributed by atoms with E-state index < -0.39 is 0 Å². The summed E-state index contributed by atoms with van der Waals surface area (Å²) in [6.07, 6.45) is 9.22. The number of nitrogens with one attached hydrogen (secondary N) is 2. The minimum atomic E-state index is -0.266. The Bertz CT molecular complexity index is 915. The minimum absolute atomic E-state index is 0.266. The zero-order valence-corrected chi connectivity index (χ0v) is 14.5. The third-order valence-electron chi connectivity index (χ3n) is 4.74. The number of rotatable bonds is 4. The number of aromatic nitrogens is 3. The molecule has 1 fully saturated rings. The molecule has 0 aliphatic heterocycles. The van der Waals surface area contributed by atoms with Crippen LogP contribution < -0.4 is 10.6 Å². The molecule has 6 nitrogen and oxygen atoms in total.